The van der Waals surface area contributed by atoms with Crippen molar-refractivity contribution in [2.75, 3.05) is 0 Å². The van der Waals surface area contributed by atoms with Crippen LogP contribution in [0.4, 0.5) is 0 Å². The lowest BCUT2D eigenvalue weighted by Gasteiger charge is -2.23. The minimum absolute atomic E-state index is 0.181. The molecule has 0 aliphatic heterocycles. The molecular formula is C27H34ClN3O4S. The molecule has 1 saturated carbocycles. The van der Waals surface area contributed by atoms with E-state index in [4.69, 9.17) is 16.3 Å². The monoisotopic (exact) mass is 531 g/mol. The van der Waals surface area contributed by atoms with E-state index in [1.807, 2.05) is 29.7 Å². The summed E-state index contributed by atoms with van der Waals surface area (Å²) in [5, 5.41) is 0.596. The Morgan fingerprint density at radius 3 is 2.44 bits per heavy atom. The van der Waals surface area contributed by atoms with E-state index < -0.39 is 16.4 Å². The van der Waals surface area contributed by atoms with E-state index in [0.29, 0.717) is 22.6 Å². The third-order valence-electron chi connectivity index (χ3n) is 6.26. The molecule has 0 N–H and O–H groups in total. The third-order valence-corrected chi connectivity index (χ3v) is 6.93. The number of carbonyl (C=O) groups excluding carboxylic acids is 1. The van der Waals surface area contributed by atoms with E-state index in [1.54, 1.807) is 12.1 Å². The number of rotatable bonds is 7. The summed E-state index contributed by atoms with van der Waals surface area (Å²) < 4.78 is 32.5. The molecule has 0 saturated heterocycles. The van der Waals surface area contributed by atoms with Crippen molar-refractivity contribution in [1.82, 2.24) is 9.55 Å². The minimum Gasteiger partial charge on any atom is -0.490 e. The second-order valence-corrected chi connectivity index (χ2v) is 10.1. The van der Waals surface area contributed by atoms with Crippen LogP contribution < -0.4 is 4.74 Å². The Morgan fingerprint density at radius 1 is 1.11 bits per heavy atom. The molecule has 1 aromatic heterocycles. The first-order chi connectivity index (χ1) is 17.3. The quantitative estimate of drug-likeness (QED) is 0.322. The van der Waals surface area contributed by atoms with Gasteiger partial charge in [-0.2, -0.15) is 8.42 Å². The Bertz CT molecular complexity index is 1320. The largest absolute Gasteiger partial charge is 0.490 e. The zero-order chi connectivity index (χ0) is 26.1. The molecule has 1 amide bonds. The molecule has 7 nitrogen and oxygen atoms in total. The van der Waals surface area contributed by atoms with Crippen LogP contribution in [0.15, 0.2) is 40.8 Å². The molecule has 1 fully saturated rings. The predicted octanol–water partition coefficient (Wildman–Crippen LogP) is 7.16. The van der Waals surface area contributed by atoms with E-state index in [0.717, 1.165) is 30.0 Å². The van der Waals surface area contributed by atoms with Gasteiger partial charge in [-0.05, 0) is 68.5 Å². The predicted molar refractivity (Wildman–Crippen MR) is 143 cm³/mol. The van der Waals surface area contributed by atoms with E-state index in [-0.39, 0.29) is 11.7 Å². The summed E-state index contributed by atoms with van der Waals surface area (Å²) in [6.45, 7) is 6.74. The number of aromatic nitrogens is 2. The zero-order valence-electron chi connectivity index (χ0n) is 21.2. The van der Waals surface area contributed by atoms with Gasteiger partial charge in [0, 0.05) is 10.6 Å². The van der Waals surface area contributed by atoms with Crippen LogP contribution in [0.2, 0.25) is 5.02 Å². The molecule has 0 bridgehead atoms. The van der Waals surface area contributed by atoms with Crippen molar-refractivity contribution in [3.63, 3.8) is 0 Å². The van der Waals surface area contributed by atoms with Crippen LogP contribution in [0.25, 0.3) is 11.0 Å². The lowest BCUT2D eigenvalue weighted by atomic mass is 9.98. The molecule has 36 heavy (non-hydrogen) atoms. The van der Waals surface area contributed by atoms with Crippen LogP contribution in [0.3, 0.4) is 0 Å². The van der Waals surface area contributed by atoms with Crippen molar-refractivity contribution in [3.05, 3.63) is 58.4 Å². The van der Waals surface area contributed by atoms with Gasteiger partial charge in [0.05, 0.1) is 23.7 Å². The number of fused-ring (bicyclic) bond motifs is 1. The summed E-state index contributed by atoms with van der Waals surface area (Å²) in [5.74, 6) is 0.707. The van der Waals surface area contributed by atoms with Gasteiger partial charge in [0.25, 0.3) is 5.91 Å². The van der Waals surface area contributed by atoms with Gasteiger partial charge in [-0.3, -0.25) is 4.79 Å². The third kappa shape index (κ3) is 7.64. The van der Waals surface area contributed by atoms with E-state index in [2.05, 4.69) is 23.2 Å². The molecule has 2 aromatic carbocycles. The van der Waals surface area contributed by atoms with Gasteiger partial charge in [-0.1, -0.05) is 61.6 Å². The highest BCUT2D eigenvalue weighted by Crippen LogP contribution is 2.29. The van der Waals surface area contributed by atoms with E-state index >= 15 is 0 Å². The highest BCUT2D eigenvalue weighted by atomic mass is 35.5. The summed E-state index contributed by atoms with van der Waals surface area (Å²) in [4.78, 5) is 16.5. The number of amides is 1. The number of benzene rings is 2. The maximum Gasteiger partial charge on any atom is 0.319 e. The van der Waals surface area contributed by atoms with Crippen molar-refractivity contribution in [2.24, 2.45) is 4.36 Å². The van der Waals surface area contributed by atoms with Gasteiger partial charge in [-0.15, -0.1) is 0 Å². The highest BCUT2D eigenvalue weighted by Gasteiger charge is 2.17. The van der Waals surface area contributed by atoms with Gasteiger partial charge in [-0.25, -0.2) is 4.98 Å². The van der Waals surface area contributed by atoms with Crippen LogP contribution in [-0.4, -0.2) is 30.0 Å². The van der Waals surface area contributed by atoms with Crippen LogP contribution in [-0.2, 0) is 17.0 Å². The molecule has 0 spiro atoms. The Kier molecular flexibility index (Phi) is 10.5. The number of ether oxygens (including phenoxy) is 1. The fraction of sp³-hybridized carbons (Fsp3) is 0.481. The molecule has 1 heterocycles. The number of hydrogen-bond acceptors (Lipinski definition) is 5. The lowest BCUT2D eigenvalue weighted by molar-refractivity contribution is 0.100. The van der Waals surface area contributed by atoms with Crippen molar-refractivity contribution >= 4 is 39.0 Å². The summed E-state index contributed by atoms with van der Waals surface area (Å²) in [5.41, 5.74) is 2.47. The summed E-state index contributed by atoms with van der Waals surface area (Å²) in [6.07, 6.45) is 10.2. The minimum atomic E-state index is -2.80. The number of nitrogens with zero attached hydrogens (tertiary/aromatic N) is 3. The summed E-state index contributed by atoms with van der Waals surface area (Å²) in [7, 11) is -2.80. The molecule has 0 unspecified atom stereocenters. The Hall–Kier alpha value is -2.71. The normalized spacial score (nSPS) is 13.7. The average molecular weight is 532 g/mol. The van der Waals surface area contributed by atoms with Crippen molar-refractivity contribution in [1.29, 1.82) is 0 Å². The Morgan fingerprint density at radius 2 is 1.83 bits per heavy atom. The number of aryl methyl sites for hydroxylation is 1. The van der Waals surface area contributed by atoms with Gasteiger partial charge in [0.15, 0.2) is 0 Å². The molecule has 9 heteroatoms. The average Bonchev–Trinajstić information content (AvgIpc) is 3.16. The van der Waals surface area contributed by atoms with Gasteiger partial charge in [0.1, 0.15) is 11.6 Å². The molecular weight excluding hydrogens is 498 g/mol. The number of hydrogen-bond donors (Lipinski definition) is 0. The first kappa shape index (κ1) is 27.9. The van der Waals surface area contributed by atoms with E-state index in [9.17, 15) is 13.2 Å². The molecule has 3 aromatic rings. The second kappa shape index (κ2) is 13.6. The molecule has 0 radical (unpaired) electrons. The fourth-order valence-electron chi connectivity index (χ4n) is 4.33. The van der Waals surface area contributed by atoms with Crippen LogP contribution in [0.1, 0.15) is 87.0 Å². The van der Waals surface area contributed by atoms with Crippen LogP contribution in [0.5, 0.6) is 5.75 Å². The number of imidazole rings is 1. The van der Waals surface area contributed by atoms with Gasteiger partial charge >= 0.3 is 10.5 Å². The zero-order valence-corrected chi connectivity index (χ0v) is 22.7. The smallest absolute Gasteiger partial charge is 0.319 e. The maximum absolute atomic E-state index is 12.0. The number of unbranched alkanes of at least 4 members (excludes halogenated alkanes) is 2. The standard InChI is InChI=1S/C22H22ClN3O4S.C5H12/c1-14-24-20-10-8-15(22(27)25-31(28)29)11-21(20)26(14)13-16-7-9-18(12-19(16)23)30-17-5-3-2-4-6-17;1-3-5-4-2/h7-12,17H,2-6,13H2,1H3;3-5H2,1-2H3. The van der Waals surface area contributed by atoms with Gasteiger partial charge in [0.2, 0.25) is 0 Å². The first-order valence-electron chi connectivity index (χ1n) is 12.6. The molecule has 194 valence electrons. The summed E-state index contributed by atoms with van der Waals surface area (Å²) >= 11 is 6.56. The lowest BCUT2D eigenvalue weighted by Crippen LogP contribution is -2.19. The Balaban J connectivity index is 0.000000658. The van der Waals surface area contributed by atoms with Crippen molar-refractivity contribution in [2.45, 2.75) is 84.8 Å². The maximum atomic E-state index is 12.0. The SMILES string of the molecule is CCCCC.Cc1nc2ccc(C(=O)N=S(=O)=O)cc2n1Cc1ccc(OC2CCCCC2)cc1Cl. The Labute approximate surface area is 219 Å². The van der Waals surface area contributed by atoms with Crippen LogP contribution in [0, 0.1) is 6.92 Å². The molecule has 1 aliphatic rings. The topological polar surface area (TPSA) is 90.6 Å². The fourth-order valence-corrected chi connectivity index (χ4v) is 4.80. The molecule has 4 rings (SSSR count). The molecule has 1 aliphatic carbocycles. The van der Waals surface area contributed by atoms with Crippen molar-refractivity contribution in [3.8, 4) is 5.75 Å². The van der Waals surface area contributed by atoms with Crippen molar-refractivity contribution < 1.29 is 17.9 Å². The number of halogens is 1. The summed E-state index contributed by atoms with van der Waals surface area (Å²) in [6, 6.07) is 10.5. The highest BCUT2D eigenvalue weighted by molar-refractivity contribution is 7.62. The second-order valence-electron chi connectivity index (χ2n) is 9.05. The van der Waals surface area contributed by atoms with Crippen LogP contribution >= 0.6 is 11.6 Å². The van der Waals surface area contributed by atoms with Gasteiger partial charge < -0.3 is 9.30 Å². The first-order valence-corrected chi connectivity index (χ1v) is 14.0. The number of carbonyl (C=O) groups is 1. The van der Waals surface area contributed by atoms with E-state index in [1.165, 1.54) is 44.6 Å². The molecule has 0 atom stereocenters.